The first kappa shape index (κ1) is 8.72. The fraction of sp³-hybridized carbons (Fsp3) is 0.429. The van der Waals surface area contributed by atoms with Gasteiger partial charge >= 0.3 is 7.60 Å². The molecule has 62 valence electrons. The predicted molar refractivity (Wildman–Crippen MR) is 43.7 cm³/mol. The molecule has 1 unspecified atom stereocenters. The van der Waals surface area contributed by atoms with Crippen LogP contribution in [0, 0.1) is 0 Å². The summed E-state index contributed by atoms with van der Waals surface area (Å²) in [7, 11) is -2.79. The number of rotatable bonds is 3. The Morgan fingerprint density at radius 1 is 1.73 bits per heavy atom. The van der Waals surface area contributed by atoms with Crippen molar-refractivity contribution >= 4 is 7.60 Å². The van der Waals surface area contributed by atoms with E-state index in [0.717, 1.165) is 0 Å². The second-order valence-corrected chi connectivity index (χ2v) is 4.25. The molecule has 0 bridgehead atoms. The average Bonchev–Trinajstić information content (AvgIpc) is 2.03. The Balaban J connectivity index is 2.46. The fourth-order valence-electron chi connectivity index (χ4n) is 0.737. The maximum absolute atomic E-state index is 11.4. The minimum absolute atomic E-state index is 0.283. The Hall–Kier alpha value is -0.370. The maximum Gasteiger partial charge on any atom is 0.335 e. The van der Waals surface area contributed by atoms with Crippen LogP contribution in [0.5, 0.6) is 0 Å². The molecule has 4 heteroatoms. The fourth-order valence-corrected chi connectivity index (χ4v) is 2.08. The monoisotopic (exact) mass is 174 g/mol. The molecule has 0 saturated heterocycles. The van der Waals surface area contributed by atoms with Crippen LogP contribution >= 0.6 is 7.60 Å². The molecule has 1 aliphatic rings. The van der Waals surface area contributed by atoms with Gasteiger partial charge in [-0.2, -0.15) is 0 Å². The molecule has 0 aromatic heterocycles. The van der Waals surface area contributed by atoms with Gasteiger partial charge in [-0.05, 0) is 0 Å². The van der Waals surface area contributed by atoms with Gasteiger partial charge in [0.2, 0.25) is 0 Å². The quantitative estimate of drug-likeness (QED) is 0.484. The van der Waals surface area contributed by atoms with E-state index in [1.165, 1.54) is 0 Å². The number of allylic oxidation sites excluding steroid dienone is 1. The first-order valence-electron chi connectivity index (χ1n) is 3.41. The summed E-state index contributed by atoms with van der Waals surface area (Å²) >= 11 is 0. The molecular formula is C7H11O3P. The molecule has 1 atom stereocenters. The lowest BCUT2D eigenvalue weighted by molar-refractivity contribution is 0.236. The summed E-state index contributed by atoms with van der Waals surface area (Å²) in [6.45, 7) is 4.12. The molecule has 1 heterocycles. The predicted octanol–water partition coefficient (Wildman–Crippen LogP) is 1.97. The van der Waals surface area contributed by atoms with Crippen LogP contribution in [0.4, 0.5) is 0 Å². The molecule has 0 saturated carbocycles. The van der Waals surface area contributed by atoms with Crippen molar-refractivity contribution in [1.82, 2.24) is 0 Å². The highest BCUT2D eigenvalue weighted by atomic mass is 31.2. The minimum Gasteiger partial charge on any atom is -0.304 e. The van der Waals surface area contributed by atoms with Crippen LogP contribution in [-0.2, 0) is 13.6 Å². The SMILES string of the molecule is C=CCOP1(=O)CC=CCO1. The molecule has 3 nitrogen and oxygen atoms in total. The van der Waals surface area contributed by atoms with Gasteiger partial charge in [-0.25, -0.2) is 0 Å². The van der Waals surface area contributed by atoms with Crippen molar-refractivity contribution in [1.29, 1.82) is 0 Å². The zero-order valence-corrected chi connectivity index (χ0v) is 7.13. The highest BCUT2D eigenvalue weighted by Gasteiger charge is 2.23. The van der Waals surface area contributed by atoms with Crippen molar-refractivity contribution in [2.75, 3.05) is 19.4 Å². The molecule has 0 radical (unpaired) electrons. The van der Waals surface area contributed by atoms with Gasteiger partial charge in [0.25, 0.3) is 0 Å². The Labute approximate surface area is 66.2 Å². The van der Waals surface area contributed by atoms with Crippen molar-refractivity contribution in [2.45, 2.75) is 0 Å². The second-order valence-electron chi connectivity index (χ2n) is 2.15. The Morgan fingerprint density at radius 3 is 3.09 bits per heavy atom. The molecule has 1 rings (SSSR count). The zero-order valence-electron chi connectivity index (χ0n) is 6.23. The van der Waals surface area contributed by atoms with E-state index < -0.39 is 7.60 Å². The van der Waals surface area contributed by atoms with Crippen LogP contribution in [0.3, 0.4) is 0 Å². The average molecular weight is 174 g/mol. The van der Waals surface area contributed by atoms with Gasteiger partial charge in [-0.1, -0.05) is 18.2 Å². The van der Waals surface area contributed by atoms with Gasteiger partial charge in [-0.3, -0.25) is 4.57 Å². The van der Waals surface area contributed by atoms with Crippen molar-refractivity contribution in [3.63, 3.8) is 0 Å². The highest BCUT2D eigenvalue weighted by Crippen LogP contribution is 2.49. The summed E-state index contributed by atoms with van der Waals surface area (Å²) in [5.41, 5.74) is 0. The van der Waals surface area contributed by atoms with Crippen molar-refractivity contribution in [3.8, 4) is 0 Å². The van der Waals surface area contributed by atoms with Gasteiger partial charge in [0, 0.05) is 0 Å². The first-order valence-corrected chi connectivity index (χ1v) is 5.14. The highest BCUT2D eigenvalue weighted by molar-refractivity contribution is 7.54. The normalized spacial score (nSPS) is 30.2. The Bertz CT molecular complexity index is 210. The van der Waals surface area contributed by atoms with E-state index in [2.05, 4.69) is 6.58 Å². The van der Waals surface area contributed by atoms with E-state index in [4.69, 9.17) is 9.05 Å². The van der Waals surface area contributed by atoms with Crippen LogP contribution in [0.25, 0.3) is 0 Å². The number of hydrogen-bond acceptors (Lipinski definition) is 3. The summed E-state index contributed by atoms with van der Waals surface area (Å²) in [6, 6.07) is 0. The summed E-state index contributed by atoms with van der Waals surface area (Å²) < 4.78 is 21.4. The molecule has 0 N–H and O–H groups in total. The molecule has 0 fully saturated rings. The zero-order chi connectivity index (χ0) is 8.16. The third-order valence-corrected chi connectivity index (χ3v) is 3.00. The molecule has 0 amide bonds. The van der Waals surface area contributed by atoms with Crippen molar-refractivity contribution < 1.29 is 13.6 Å². The standard InChI is InChI=1S/C7H11O3P/c1-2-5-9-11(8)7-4-3-6-10-11/h2-4H,1,5-7H2. The third kappa shape index (κ3) is 2.62. The van der Waals surface area contributed by atoms with E-state index in [0.29, 0.717) is 12.8 Å². The topological polar surface area (TPSA) is 35.5 Å². The summed E-state index contributed by atoms with van der Waals surface area (Å²) in [5, 5.41) is 0. The second kappa shape index (κ2) is 3.86. The van der Waals surface area contributed by atoms with E-state index >= 15 is 0 Å². The molecule has 0 spiro atoms. The lowest BCUT2D eigenvalue weighted by atomic mass is 10.6. The Morgan fingerprint density at radius 2 is 2.55 bits per heavy atom. The maximum atomic E-state index is 11.4. The van der Waals surface area contributed by atoms with Gasteiger partial charge in [0.05, 0.1) is 19.4 Å². The van der Waals surface area contributed by atoms with Crippen LogP contribution in [0.15, 0.2) is 24.8 Å². The van der Waals surface area contributed by atoms with Gasteiger partial charge in [-0.15, -0.1) is 6.58 Å². The van der Waals surface area contributed by atoms with Crippen LogP contribution < -0.4 is 0 Å². The third-order valence-electron chi connectivity index (χ3n) is 1.25. The van der Waals surface area contributed by atoms with Crippen LogP contribution in [0.2, 0.25) is 0 Å². The smallest absolute Gasteiger partial charge is 0.304 e. The van der Waals surface area contributed by atoms with Gasteiger partial charge < -0.3 is 9.05 Å². The van der Waals surface area contributed by atoms with Crippen LogP contribution in [0.1, 0.15) is 0 Å². The molecule has 0 aromatic rings. The van der Waals surface area contributed by atoms with E-state index in [9.17, 15) is 4.57 Å². The van der Waals surface area contributed by atoms with E-state index in [-0.39, 0.29) is 6.61 Å². The molecule has 0 aliphatic carbocycles. The van der Waals surface area contributed by atoms with Crippen molar-refractivity contribution in [2.24, 2.45) is 0 Å². The molecule has 11 heavy (non-hydrogen) atoms. The van der Waals surface area contributed by atoms with E-state index in [1.807, 2.05) is 12.2 Å². The van der Waals surface area contributed by atoms with Crippen molar-refractivity contribution in [3.05, 3.63) is 24.8 Å². The summed E-state index contributed by atoms with van der Waals surface area (Å²) in [5.74, 6) is 0. The lowest BCUT2D eigenvalue weighted by Crippen LogP contribution is -2.03. The largest absolute Gasteiger partial charge is 0.335 e. The first-order chi connectivity index (χ1) is 5.27. The Kier molecular flexibility index (Phi) is 3.06. The van der Waals surface area contributed by atoms with Crippen LogP contribution in [-0.4, -0.2) is 19.4 Å². The van der Waals surface area contributed by atoms with E-state index in [1.54, 1.807) is 6.08 Å². The number of hydrogen-bond donors (Lipinski definition) is 0. The van der Waals surface area contributed by atoms with Gasteiger partial charge in [0.1, 0.15) is 0 Å². The lowest BCUT2D eigenvalue weighted by Gasteiger charge is -2.17. The minimum atomic E-state index is -2.79. The molecule has 1 aliphatic heterocycles. The summed E-state index contributed by atoms with van der Waals surface area (Å²) in [6.07, 6.45) is 5.57. The summed E-state index contributed by atoms with van der Waals surface area (Å²) in [4.78, 5) is 0. The molecular weight excluding hydrogens is 163 g/mol. The van der Waals surface area contributed by atoms with Gasteiger partial charge in [0.15, 0.2) is 0 Å². The molecule has 0 aromatic carbocycles.